The number of aliphatic hydroxyl groups is 1. The molecule has 0 aliphatic carbocycles. The molecule has 3 N–H and O–H groups in total. The number of halogens is 1. The molecule has 0 aliphatic rings. The normalized spacial score (nSPS) is 12.2. The van der Waals surface area contributed by atoms with E-state index < -0.39 is 0 Å². The molecule has 1 aromatic rings. The Kier molecular flexibility index (Phi) is 6.59. The molecular formula is C13H19IN2O2. The average molecular weight is 362 g/mol. The van der Waals surface area contributed by atoms with E-state index in [9.17, 15) is 4.79 Å². The van der Waals surface area contributed by atoms with Gasteiger partial charge in [0.05, 0.1) is 11.7 Å². The number of amides is 1. The highest BCUT2D eigenvalue weighted by molar-refractivity contribution is 14.1. The highest BCUT2D eigenvalue weighted by Gasteiger charge is 2.10. The quantitative estimate of drug-likeness (QED) is 0.528. The second kappa shape index (κ2) is 7.70. The van der Waals surface area contributed by atoms with Crippen LogP contribution in [0.2, 0.25) is 0 Å². The number of rotatable bonds is 6. The molecule has 18 heavy (non-hydrogen) atoms. The van der Waals surface area contributed by atoms with E-state index in [-0.39, 0.29) is 12.0 Å². The van der Waals surface area contributed by atoms with Crippen molar-refractivity contribution in [3.05, 3.63) is 32.9 Å². The molecule has 0 radical (unpaired) electrons. The number of aryl methyl sites for hydroxylation is 1. The highest BCUT2D eigenvalue weighted by Crippen LogP contribution is 2.16. The maximum absolute atomic E-state index is 11.9. The van der Waals surface area contributed by atoms with Crippen LogP contribution in [0, 0.1) is 10.5 Å². The summed E-state index contributed by atoms with van der Waals surface area (Å²) in [5, 5.41) is 15.0. The second-order valence-electron chi connectivity index (χ2n) is 4.25. The minimum Gasteiger partial charge on any atom is -0.392 e. The van der Waals surface area contributed by atoms with Crippen molar-refractivity contribution < 1.29 is 9.90 Å². The molecular weight excluding hydrogens is 343 g/mol. The number of benzene rings is 1. The first-order valence-electron chi connectivity index (χ1n) is 5.94. The largest absolute Gasteiger partial charge is 0.392 e. The third-order valence-corrected chi connectivity index (χ3v) is 3.90. The van der Waals surface area contributed by atoms with Crippen molar-refractivity contribution in [3.8, 4) is 0 Å². The van der Waals surface area contributed by atoms with Gasteiger partial charge >= 0.3 is 0 Å². The molecule has 1 aromatic carbocycles. The van der Waals surface area contributed by atoms with E-state index in [1.165, 1.54) is 0 Å². The Bertz CT molecular complexity index is 408. The Labute approximate surface area is 121 Å². The van der Waals surface area contributed by atoms with Crippen LogP contribution in [0.25, 0.3) is 0 Å². The van der Waals surface area contributed by atoms with Crippen molar-refractivity contribution >= 4 is 28.5 Å². The number of hydrogen-bond donors (Lipinski definition) is 3. The zero-order valence-corrected chi connectivity index (χ0v) is 12.8. The monoisotopic (exact) mass is 362 g/mol. The number of aliphatic hydroxyl groups excluding tert-OH is 1. The first-order valence-corrected chi connectivity index (χ1v) is 7.02. The third-order valence-electron chi connectivity index (χ3n) is 2.46. The van der Waals surface area contributed by atoms with Crippen LogP contribution in [0.15, 0.2) is 18.2 Å². The molecule has 4 nitrogen and oxygen atoms in total. The van der Waals surface area contributed by atoms with Crippen LogP contribution < -0.4 is 10.6 Å². The van der Waals surface area contributed by atoms with Crippen LogP contribution in [0.4, 0.5) is 0 Å². The van der Waals surface area contributed by atoms with Gasteiger partial charge in [-0.15, -0.1) is 0 Å². The fourth-order valence-corrected chi connectivity index (χ4v) is 2.10. The average Bonchev–Trinajstić information content (AvgIpc) is 2.31. The van der Waals surface area contributed by atoms with E-state index in [0.717, 1.165) is 9.13 Å². The lowest BCUT2D eigenvalue weighted by atomic mass is 10.1. The van der Waals surface area contributed by atoms with Gasteiger partial charge in [0.2, 0.25) is 0 Å². The van der Waals surface area contributed by atoms with E-state index >= 15 is 0 Å². The summed E-state index contributed by atoms with van der Waals surface area (Å²) in [5.41, 5.74) is 1.82. The number of carbonyl (C=O) groups is 1. The summed E-state index contributed by atoms with van der Waals surface area (Å²) in [7, 11) is 0. The van der Waals surface area contributed by atoms with Gasteiger partial charge in [-0.2, -0.15) is 0 Å². The second-order valence-corrected chi connectivity index (χ2v) is 5.32. The lowest BCUT2D eigenvalue weighted by Crippen LogP contribution is -2.34. The predicted octanol–water partition coefficient (Wildman–Crippen LogP) is 1.30. The van der Waals surface area contributed by atoms with Crippen molar-refractivity contribution in [2.75, 3.05) is 19.6 Å². The summed E-state index contributed by atoms with van der Waals surface area (Å²) in [6.07, 6.45) is -0.363. The summed E-state index contributed by atoms with van der Waals surface area (Å²) in [5.74, 6) is -0.0538. The van der Waals surface area contributed by atoms with Crippen molar-refractivity contribution in [1.29, 1.82) is 0 Å². The molecule has 0 fully saturated rings. The molecule has 1 unspecified atom stereocenters. The molecule has 1 atom stereocenters. The van der Waals surface area contributed by atoms with E-state index in [1.54, 1.807) is 6.92 Å². The van der Waals surface area contributed by atoms with Crippen molar-refractivity contribution in [2.45, 2.75) is 20.0 Å². The highest BCUT2D eigenvalue weighted by atomic mass is 127. The molecule has 100 valence electrons. The van der Waals surface area contributed by atoms with Crippen molar-refractivity contribution in [2.24, 2.45) is 0 Å². The fraction of sp³-hybridized carbons (Fsp3) is 0.462. The summed E-state index contributed by atoms with van der Waals surface area (Å²) in [6.45, 7) is 5.45. The van der Waals surface area contributed by atoms with Gasteiger partial charge in [0, 0.05) is 23.2 Å². The van der Waals surface area contributed by atoms with E-state index in [1.807, 2.05) is 25.1 Å². The molecule has 1 amide bonds. The Morgan fingerprint density at radius 3 is 2.83 bits per heavy atom. The molecule has 0 bridgehead atoms. The molecule has 0 aromatic heterocycles. The topological polar surface area (TPSA) is 61.4 Å². The van der Waals surface area contributed by atoms with E-state index in [4.69, 9.17) is 5.11 Å². The Morgan fingerprint density at radius 2 is 2.17 bits per heavy atom. The van der Waals surface area contributed by atoms with Crippen molar-refractivity contribution in [1.82, 2.24) is 10.6 Å². The Morgan fingerprint density at radius 1 is 1.44 bits per heavy atom. The molecule has 1 rings (SSSR count). The van der Waals surface area contributed by atoms with Crippen LogP contribution in [-0.2, 0) is 0 Å². The smallest absolute Gasteiger partial charge is 0.252 e. The standard InChI is InChI=1S/C13H19IN2O2/c1-9-4-3-5-11(12(9)14)13(18)16-7-6-15-8-10(2)17/h3-5,10,15,17H,6-8H2,1-2H3,(H,16,18). The third kappa shape index (κ3) is 4.91. The number of carbonyl (C=O) groups excluding carboxylic acids is 1. The van der Waals surface area contributed by atoms with Crippen LogP contribution in [0.3, 0.4) is 0 Å². The minimum atomic E-state index is -0.363. The van der Waals surface area contributed by atoms with Gasteiger partial charge in [0.1, 0.15) is 0 Å². The van der Waals surface area contributed by atoms with Crippen LogP contribution in [0.5, 0.6) is 0 Å². The summed E-state index contributed by atoms with van der Waals surface area (Å²) >= 11 is 2.19. The van der Waals surface area contributed by atoms with E-state index in [2.05, 4.69) is 33.2 Å². The van der Waals surface area contributed by atoms with Crippen LogP contribution >= 0.6 is 22.6 Å². The van der Waals surface area contributed by atoms with Gasteiger partial charge in [-0.25, -0.2) is 0 Å². The Balaban J connectivity index is 2.39. The van der Waals surface area contributed by atoms with Gasteiger partial charge < -0.3 is 15.7 Å². The lowest BCUT2D eigenvalue weighted by molar-refractivity contribution is 0.0952. The zero-order chi connectivity index (χ0) is 13.5. The van der Waals surface area contributed by atoms with Gasteiger partial charge in [0.25, 0.3) is 5.91 Å². The first kappa shape index (κ1) is 15.4. The van der Waals surface area contributed by atoms with Crippen molar-refractivity contribution in [3.63, 3.8) is 0 Å². The predicted molar refractivity (Wildman–Crippen MR) is 80.8 cm³/mol. The summed E-state index contributed by atoms with van der Waals surface area (Å²) < 4.78 is 0.990. The molecule has 0 saturated carbocycles. The first-order chi connectivity index (χ1) is 8.52. The van der Waals surface area contributed by atoms with Gasteiger partial charge in [-0.05, 0) is 48.1 Å². The Hall–Kier alpha value is -0.660. The van der Waals surface area contributed by atoms with E-state index in [0.29, 0.717) is 25.2 Å². The molecule has 0 saturated heterocycles. The van der Waals surface area contributed by atoms with Gasteiger partial charge in [-0.3, -0.25) is 4.79 Å². The van der Waals surface area contributed by atoms with Crippen LogP contribution in [-0.4, -0.2) is 36.8 Å². The minimum absolute atomic E-state index is 0.0538. The van der Waals surface area contributed by atoms with Crippen LogP contribution in [0.1, 0.15) is 22.8 Å². The maximum atomic E-state index is 11.9. The molecule has 5 heteroatoms. The molecule has 0 spiro atoms. The number of nitrogens with one attached hydrogen (secondary N) is 2. The maximum Gasteiger partial charge on any atom is 0.252 e. The molecule has 0 aliphatic heterocycles. The zero-order valence-electron chi connectivity index (χ0n) is 10.7. The molecule has 0 heterocycles. The van der Waals surface area contributed by atoms with Gasteiger partial charge in [0.15, 0.2) is 0 Å². The SMILES string of the molecule is Cc1cccc(C(=O)NCCNCC(C)O)c1I. The van der Waals surface area contributed by atoms with Gasteiger partial charge in [-0.1, -0.05) is 12.1 Å². The summed E-state index contributed by atoms with van der Waals surface area (Å²) in [6, 6.07) is 5.70. The summed E-state index contributed by atoms with van der Waals surface area (Å²) in [4.78, 5) is 11.9. The fourth-order valence-electron chi connectivity index (χ4n) is 1.49. The number of hydrogen-bond acceptors (Lipinski definition) is 3. The lowest BCUT2D eigenvalue weighted by Gasteiger charge is -2.10.